The molecule has 0 heterocycles. The van der Waals surface area contributed by atoms with Crippen LogP contribution >= 0.6 is 8.89 Å². The minimum Gasteiger partial charge on any atom is -0.504 e. The largest absolute Gasteiger partial charge is 0.504 e. The summed E-state index contributed by atoms with van der Waals surface area (Å²) in [7, 11) is 0.766. The number of phenolic OH excluding ortho intramolecular Hbond substituents is 1. The number of hydrogen-bond acceptors (Lipinski definition) is 3. The molecule has 0 aliphatic heterocycles. The SMILES string of the molecule is COc1cc(/C=C/PF)ccc1O.O=CO. The van der Waals surface area contributed by atoms with E-state index >= 15 is 0 Å². The molecule has 16 heavy (non-hydrogen) atoms. The van der Waals surface area contributed by atoms with E-state index in [9.17, 15) is 9.30 Å². The first-order valence-electron chi connectivity index (χ1n) is 4.17. The Bertz CT molecular complexity index is 355. The van der Waals surface area contributed by atoms with Crippen LogP contribution in [0.3, 0.4) is 0 Å². The molecule has 88 valence electrons. The molecule has 0 spiro atoms. The summed E-state index contributed by atoms with van der Waals surface area (Å²) in [5.74, 6) is 1.90. The second-order valence-electron chi connectivity index (χ2n) is 2.48. The second kappa shape index (κ2) is 8.68. The number of carbonyl (C=O) groups is 1. The van der Waals surface area contributed by atoms with Crippen LogP contribution in [0.5, 0.6) is 11.5 Å². The van der Waals surface area contributed by atoms with E-state index < -0.39 is 8.89 Å². The van der Waals surface area contributed by atoms with Crippen LogP contribution in [0.1, 0.15) is 5.56 Å². The van der Waals surface area contributed by atoms with Gasteiger partial charge in [0.2, 0.25) is 0 Å². The van der Waals surface area contributed by atoms with Gasteiger partial charge in [-0.15, -0.1) is 0 Å². The van der Waals surface area contributed by atoms with Gasteiger partial charge in [0.05, 0.1) is 16.0 Å². The van der Waals surface area contributed by atoms with Gasteiger partial charge in [0.25, 0.3) is 6.47 Å². The van der Waals surface area contributed by atoms with Crippen LogP contribution in [-0.2, 0) is 4.79 Å². The Hall–Kier alpha value is -1.61. The Morgan fingerprint density at radius 3 is 2.62 bits per heavy atom. The molecule has 0 radical (unpaired) electrons. The van der Waals surface area contributed by atoms with Crippen molar-refractivity contribution in [3.63, 3.8) is 0 Å². The van der Waals surface area contributed by atoms with E-state index in [1.54, 1.807) is 18.2 Å². The van der Waals surface area contributed by atoms with E-state index in [0.29, 0.717) is 5.75 Å². The number of rotatable bonds is 3. The fourth-order valence-electron chi connectivity index (χ4n) is 0.926. The molecule has 0 amide bonds. The molecule has 0 saturated carbocycles. The Morgan fingerprint density at radius 2 is 2.12 bits per heavy atom. The molecule has 1 atom stereocenters. The van der Waals surface area contributed by atoms with Gasteiger partial charge in [-0.05, 0) is 23.5 Å². The summed E-state index contributed by atoms with van der Waals surface area (Å²) < 4.78 is 16.7. The number of carboxylic acid groups (broad SMARTS) is 1. The minimum absolute atomic E-state index is 0.0855. The zero-order chi connectivity index (χ0) is 12.4. The van der Waals surface area contributed by atoms with Gasteiger partial charge >= 0.3 is 0 Å². The molecule has 6 heteroatoms. The zero-order valence-corrected chi connectivity index (χ0v) is 9.55. The molecule has 1 aromatic rings. The first-order chi connectivity index (χ1) is 7.69. The fraction of sp³-hybridized carbons (Fsp3) is 0.100. The number of phenols is 1. The van der Waals surface area contributed by atoms with Gasteiger partial charge in [0, 0.05) is 0 Å². The van der Waals surface area contributed by atoms with Gasteiger partial charge in [-0.3, -0.25) is 4.79 Å². The Kier molecular flexibility index (Phi) is 7.81. The third kappa shape index (κ3) is 5.32. The summed E-state index contributed by atoms with van der Waals surface area (Å²) in [6, 6.07) is 4.85. The van der Waals surface area contributed by atoms with E-state index in [0.717, 1.165) is 5.56 Å². The first kappa shape index (κ1) is 14.4. The van der Waals surface area contributed by atoms with Crippen molar-refractivity contribution < 1.29 is 23.9 Å². The van der Waals surface area contributed by atoms with E-state index in [1.807, 2.05) is 0 Å². The van der Waals surface area contributed by atoms with Crippen molar-refractivity contribution in [3.05, 3.63) is 29.6 Å². The number of hydrogen-bond donors (Lipinski definition) is 2. The van der Waals surface area contributed by atoms with Crippen LogP contribution in [0, 0.1) is 0 Å². The highest BCUT2D eigenvalue weighted by Gasteiger charge is 1.99. The summed E-state index contributed by atoms with van der Waals surface area (Å²) >= 11 is 0. The Labute approximate surface area is 94.3 Å². The molecular weight excluding hydrogens is 234 g/mol. The maximum Gasteiger partial charge on any atom is 0.290 e. The van der Waals surface area contributed by atoms with Crippen molar-refractivity contribution in [2.75, 3.05) is 7.11 Å². The number of halogens is 1. The van der Waals surface area contributed by atoms with Gasteiger partial charge in [-0.1, -0.05) is 12.1 Å². The normalized spacial score (nSPS) is 10.1. The van der Waals surface area contributed by atoms with Crippen molar-refractivity contribution in [1.82, 2.24) is 0 Å². The van der Waals surface area contributed by atoms with E-state index in [1.165, 1.54) is 19.0 Å². The molecule has 0 bridgehead atoms. The highest BCUT2D eigenvalue weighted by molar-refractivity contribution is 7.35. The molecule has 4 nitrogen and oxygen atoms in total. The van der Waals surface area contributed by atoms with Crippen molar-refractivity contribution in [1.29, 1.82) is 0 Å². The summed E-state index contributed by atoms with van der Waals surface area (Å²) in [6.45, 7) is -0.250. The summed E-state index contributed by atoms with van der Waals surface area (Å²) in [4.78, 5) is 8.36. The zero-order valence-electron chi connectivity index (χ0n) is 8.55. The maximum atomic E-state index is 11.8. The number of aromatic hydroxyl groups is 1. The smallest absolute Gasteiger partial charge is 0.290 e. The Balaban J connectivity index is 0.000000673. The van der Waals surface area contributed by atoms with Gasteiger partial charge in [0.15, 0.2) is 11.5 Å². The molecule has 1 unspecified atom stereocenters. The van der Waals surface area contributed by atoms with Crippen molar-refractivity contribution in [2.45, 2.75) is 0 Å². The molecule has 0 saturated heterocycles. The van der Waals surface area contributed by atoms with Crippen molar-refractivity contribution in [2.24, 2.45) is 0 Å². The van der Waals surface area contributed by atoms with Crippen LogP contribution in [0.15, 0.2) is 24.0 Å². The van der Waals surface area contributed by atoms with E-state index in [-0.39, 0.29) is 12.2 Å². The highest BCUT2D eigenvalue weighted by Crippen LogP contribution is 2.27. The van der Waals surface area contributed by atoms with Gasteiger partial charge < -0.3 is 14.9 Å². The van der Waals surface area contributed by atoms with Crippen LogP contribution in [-0.4, -0.2) is 23.8 Å². The lowest BCUT2D eigenvalue weighted by Gasteiger charge is -2.03. The third-order valence-electron chi connectivity index (χ3n) is 1.54. The number of methoxy groups -OCH3 is 1. The average Bonchev–Trinajstić information content (AvgIpc) is 2.29. The quantitative estimate of drug-likeness (QED) is 0.635. The summed E-state index contributed by atoms with van der Waals surface area (Å²) in [6.07, 6.45) is 1.64. The molecule has 0 aliphatic carbocycles. The first-order valence-corrected chi connectivity index (χ1v) is 5.12. The maximum absolute atomic E-state index is 11.8. The molecule has 1 aromatic carbocycles. The molecular formula is C10H12FO4P. The topological polar surface area (TPSA) is 66.8 Å². The highest BCUT2D eigenvalue weighted by atomic mass is 31.1. The predicted molar refractivity (Wildman–Crippen MR) is 61.8 cm³/mol. The van der Waals surface area contributed by atoms with Crippen LogP contribution in [0.2, 0.25) is 0 Å². The number of benzene rings is 1. The molecule has 2 N–H and O–H groups in total. The Morgan fingerprint density at radius 1 is 1.50 bits per heavy atom. The lowest BCUT2D eigenvalue weighted by Crippen LogP contribution is -1.83. The average molecular weight is 246 g/mol. The van der Waals surface area contributed by atoms with Crippen molar-refractivity contribution >= 4 is 21.4 Å². The summed E-state index contributed by atoms with van der Waals surface area (Å²) in [5.41, 5.74) is 0.805. The second-order valence-corrected chi connectivity index (χ2v) is 3.03. The molecule has 0 aliphatic rings. The van der Waals surface area contributed by atoms with Crippen LogP contribution in [0.4, 0.5) is 4.20 Å². The fourth-order valence-corrected chi connectivity index (χ4v) is 1.18. The predicted octanol–water partition coefficient (Wildman–Crippen LogP) is 2.64. The number of ether oxygens (including phenoxy) is 1. The van der Waals surface area contributed by atoms with Gasteiger partial charge in [-0.2, -0.15) is 0 Å². The van der Waals surface area contributed by atoms with Crippen molar-refractivity contribution in [3.8, 4) is 11.5 Å². The summed E-state index contributed by atoms with van der Waals surface area (Å²) in [5, 5.41) is 16.1. The molecule has 0 aromatic heterocycles. The standard InChI is InChI=1S/C9H10FO2P.CH2O2/c1-12-9-6-7(4-5-13-10)2-3-8(9)11;2-1-3/h2-6,11,13H,1H3;1H,(H,2,3)/b5-4+;. The van der Waals surface area contributed by atoms with Crippen LogP contribution < -0.4 is 4.74 Å². The molecule has 1 rings (SSSR count). The van der Waals surface area contributed by atoms with Gasteiger partial charge in [-0.25, -0.2) is 4.20 Å². The van der Waals surface area contributed by atoms with Crippen LogP contribution in [0.25, 0.3) is 6.08 Å². The third-order valence-corrected chi connectivity index (χ3v) is 1.84. The monoisotopic (exact) mass is 246 g/mol. The van der Waals surface area contributed by atoms with E-state index in [2.05, 4.69) is 0 Å². The van der Waals surface area contributed by atoms with Gasteiger partial charge in [0.1, 0.15) is 0 Å². The lowest BCUT2D eigenvalue weighted by molar-refractivity contribution is -0.122. The lowest BCUT2D eigenvalue weighted by atomic mass is 10.2. The van der Waals surface area contributed by atoms with E-state index in [4.69, 9.17) is 14.6 Å². The molecule has 0 fully saturated rings. The minimum atomic E-state index is -0.706.